The Balaban J connectivity index is 2.24. The molecule has 1 aliphatic rings. The SMILES string of the molecule is COCCCC(N)C(=O)NCC1CN(C)CCN1C. The van der Waals surface area contributed by atoms with Crippen LogP contribution in [0.15, 0.2) is 0 Å². The van der Waals surface area contributed by atoms with Gasteiger partial charge in [-0.2, -0.15) is 0 Å². The van der Waals surface area contributed by atoms with Gasteiger partial charge < -0.3 is 20.7 Å². The zero-order valence-electron chi connectivity index (χ0n) is 12.4. The van der Waals surface area contributed by atoms with Gasteiger partial charge in [-0.3, -0.25) is 9.69 Å². The summed E-state index contributed by atoms with van der Waals surface area (Å²) >= 11 is 0. The number of rotatable bonds is 7. The van der Waals surface area contributed by atoms with Crippen LogP contribution < -0.4 is 11.1 Å². The van der Waals surface area contributed by atoms with Gasteiger partial charge in [-0.05, 0) is 26.9 Å². The molecule has 0 aromatic carbocycles. The summed E-state index contributed by atoms with van der Waals surface area (Å²) in [4.78, 5) is 16.4. The smallest absolute Gasteiger partial charge is 0.236 e. The van der Waals surface area contributed by atoms with Crippen LogP contribution in [0.3, 0.4) is 0 Å². The van der Waals surface area contributed by atoms with E-state index < -0.39 is 6.04 Å². The lowest BCUT2D eigenvalue weighted by Crippen LogP contribution is -2.55. The van der Waals surface area contributed by atoms with Crippen molar-refractivity contribution in [3.8, 4) is 0 Å². The fourth-order valence-electron chi connectivity index (χ4n) is 2.25. The number of nitrogens with two attached hydrogens (primary N) is 1. The Kier molecular flexibility index (Phi) is 7.30. The summed E-state index contributed by atoms with van der Waals surface area (Å²) in [6.07, 6.45) is 1.48. The van der Waals surface area contributed by atoms with Crippen LogP contribution in [0.1, 0.15) is 12.8 Å². The maximum absolute atomic E-state index is 11.9. The minimum Gasteiger partial charge on any atom is -0.385 e. The fraction of sp³-hybridized carbons (Fsp3) is 0.923. The number of hydrogen-bond donors (Lipinski definition) is 2. The molecule has 0 aliphatic carbocycles. The summed E-state index contributed by atoms with van der Waals surface area (Å²) < 4.78 is 4.95. The van der Waals surface area contributed by atoms with Crippen molar-refractivity contribution >= 4 is 5.91 Å². The molecule has 2 unspecified atom stereocenters. The molecule has 6 heteroatoms. The van der Waals surface area contributed by atoms with Gasteiger partial charge in [-0.15, -0.1) is 0 Å². The van der Waals surface area contributed by atoms with Crippen molar-refractivity contribution in [2.24, 2.45) is 5.73 Å². The van der Waals surface area contributed by atoms with Crippen molar-refractivity contribution in [3.05, 3.63) is 0 Å². The van der Waals surface area contributed by atoms with Crippen molar-refractivity contribution < 1.29 is 9.53 Å². The summed E-state index contributed by atoms with van der Waals surface area (Å²) in [6, 6.07) is -0.0596. The number of nitrogens with one attached hydrogen (secondary N) is 1. The average Bonchev–Trinajstić information content (AvgIpc) is 2.39. The van der Waals surface area contributed by atoms with Crippen LogP contribution in [0.5, 0.6) is 0 Å². The molecule has 2 atom stereocenters. The third-order valence-corrected chi connectivity index (χ3v) is 3.69. The lowest BCUT2D eigenvalue weighted by Gasteiger charge is -2.37. The van der Waals surface area contributed by atoms with E-state index in [9.17, 15) is 4.79 Å². The highest BCUT2D eigenvalue weighted by Gasteiger charge is 2.23. The summed E-state index contributed by atoms with van der Waals surface area (Å²) in [7, 11) is 5.86. The van der Waals surface area contributed by atoms with Gasteiger partial charge in [0, 0.05) is 45.9 Å². The highest BCUT2D eigenvalue weighted by molar-refractivity contribution is 5.81. The van der Waals surface area contributed by atoms with Gasteiger partial charge in [0.05, 0.1) is 6.04 Å². The lowest BCUT2D eigenvalue weighted by molar-refractivity contribution is -0.122. The minimum atomic E-state index is -0.429. The zero-order valence-corrected chi connectivity index (χ0v) is 12.4. The van der Waals surface area contributed by atoms with E-state index in [2.05, 4.69) is 29.2 Å². The number of carbonyl (C=O) groups is 1. The molecule has 1 amide bonds. The summed E-state index contributed by atoms with van der Waals surface area (Å²) in [5.41, 5.74) is 5.84. The number of methoxy groups -OCH3 is 1. The van der Waals surface area contributed by atoms with Crippen LogP contribution >= 0.6 is 0 Å². The Morgan fingerprint density at radius 2 is 2.21 bits per heavy atom. The van der Waals surface area contributed by atoms with Crippen LogP contribution in [0.2, 0.25) is 0 Å². The second-order valence-corrected chi connectivity index (χ2v) is 5.38. The van der Waals surface area contributed by atoms with E-state index in [-0.39, 0.29) is 5.91 Å². The van der Waals surface area contributed by atoms with E-state index >= 15 is 0 Å². The van der Waals surface area contributed by atoms with E-state index in [1.54, 1.807) is 7.11 Å². The number of likely N-dealkylation sites (N-methyl/N-ethyl adjacent to an activating group) is 2. The molecule has 0 spiro atoms. The van der Waals surface area contributed by atoms with Crippen molar-refractivity contribution in [3.63, 3.8) is 0 Å². The molecule has 0 aromatic heterocycles. The van der Waals surface area contributed by atoms with Gasteiger partial charge in [0.15, 0.2) is 0 Å². The number of piperazine rings is 1. The highest BCUT2D eigenvalue weighted by atomic mass is 16.5. The third-order valence-electron chi connectivity index (χ3n) is 3.69. The molecular weight excluding hydrogens is 244 g/mol. The first-order chi connectivity index (χ1) is 9.04. The molecule has 1 aliphatic heterocycles. The van der Waals surface area contributed by atoms with E-state index in [0.29, 0.717) is 25.6 Å². The number of nitrogens with zero attached hydrogens (tertiary/aromatic N) is 2. The van der Waals surface area contributed by atoms with E-state index in [1.165, 1.54) is 0 Å². The summed E-state index contributed by atoms with van der Waals surface area (Å²) in [5.74, 6) is -0.0577. The normalized spacial score (nSPS) is 23.3. The number of hydrogen-bond acceptors (Lipinski definition) is 5. The second-order valence-electron chi connectivity index (χ2n) is 5.38. The molecule has 1 heterocycles. The van der Waals surface area contributed by atoms with Crippen molar-refractivity contribution in [2.75, 3.05) is 54.0 Å². The number of amides is 1. The van der Waals surface area contributed by atoms with Crippen LogP contribution in [0, 0.1) is 0 Å². The molecule has 0 saturated carbocycles. The molecule has 0 aromatic rings. The standard InChI is InChI=1S/C13H28N4O2/c1-16-6-7-17(2)11(10-16)9-15-13(18)12(14)5-4-8-19-3/h11-12H,4-10,14H2,1-3H3,(H,15,18). The molecule has 0 radical (unpaired) electrons. The molecule has 0 bridgehead atoms. The van der Waals surface area contributed by atoms with Crippen molar-refractivity contribution in [1.82, 2.24) is 15.1 Å². The van der Waals surface area contributed by atoms with Crippen LogP contribution in [-0.2, 0) is 9.53 Å². The van der Waals surface area contributed by atoms with E-state index in [1.807, 2.05) is 0 Å². The van der Waals surface area contributed by atoms with E-state index in [0.717, 1.165) is 26.1 Å². The predicted molar refractivity (Wildman–Crippen MR) is 76.0 cm³/mol. The first-order valence-electron chi connectivity index (χ1n) is 6.95. The maximum atomic E-state index is 11.9. The number of ether oxygens (including phenoxy) is 1. The molecule has 19 heavy (non-hydrogen) atoms. The van der Waals surface area contributed by atoms with Gasteiger partial charge in [0.1, 0.15) is 0 Å². The third kappa shape index (κ3) is 5.86. The van der Waals surface area contributed by atoms with Crippen LogP contribution in [0.25, 0.3) is 0 Å². The molecule has 112 valence electrons. The van der Waals surface area contributed by atoms with E-state index in [4.69, 9.17) is 10.5 Å². The Morgan fingerprint density at radius 1 is 1.47 bits per heavy atom. The Labute approximate surface area is 116 Å². The van der Waals surface area contributed by atoms with Gasteiger partial charge in [-0.1, -0.05) is 0 Å². The summed E-state index contributed by atoms with van der Waals surface area (Å²) in [5, 5.41) is 2.96. The molecule has 1 rings (SSSR count). The van der Waals surface area contributed by atoms with Gasteiger partial charge >= 0.3 is 0 Å². The quantitative estimate of drug-likeness (QED) is 0.588. The maximum Gasteiger partial charge on any atom is 0.236 e. The average molecular weight is 272 g/mol. The molecule has 3 N–H and O–H groups in total. The Hall–Kier alpha value is -0.690. The minimum absolute atomic E-state index is 0.0577. The first-order valence-corrected chi connectivity index (χ1v) is 6.95. The lowest BCUT2D eigenvalue weighted by atomic mass is 10.1. The van der Waals surface area contributed by atoms with Crippen molar-refractivity contribution in [2.45, 2.75) is 24.9 Å². The molecule has 1 saturated heterocycles. The summed E-state index contributed by atoms with van der Waals surface area (Å²) in [6.45, 7) is 4.42. The zero-order chi connectivity index (χ0) is 14.3. The number of carbonyl (C=O) groups excluding carboxylic acids is 1. The van der Waals surface area contributed by atoms with Crippen LogP contribution in [-0.4, -0.2) is 81.8 Å². The van der Waals surface area contributed by atoms with Gasteiger partial charge in [0.25, 0.3) is 0 Å². The largest absolute Gasteiger partial charge is 0.385 e. The first kappa shape index (κ1) is 16.4. The van der Waals surface area contributed by atoms with Crippen LogP contribution in [0.4, 0.5) is 0 Å². The van der Waals surface area contributed by atoms with Gasteiger partial charge in [0.2, 0.25) is 5.91 Å². The molecule has 1 fully saturated rings. The fourth-order valence-corrected chi connectivity index (χ4v) is 2.25. The monoisotopic (exact) mass is 272 g/mol. The van der Waals surface area contributed by atoms with Crippen molar-refractivity contribution in [1.29, 1.82) is 0 Å². The van der Waals surface area contributed by atoms with Gasteiger partial charge in [-0.25, -0.2) is 0 Å². The molecule has 6 nitrogen and oxygen atoms in total. The Morgan fingerprint density at radius 3 is 2.89 bits per heavy atom. The Bertz CT molecular complexity index is 275. The molecular formula is C13H28N4O2. The predicted octanol–water partition coefficient (Wildman–Crippen LogP) is -0.898. The highest BCUT2D eigenvalue weighted by Crippen LogP contribution is 2.05. The second kappa shape index (κ2) is 8.47. The topological polar surface area (TPSA) is 70.8 Å².